The number of Topliss-reactive ketones (excluding diaryl/α,β-unsaturated/α-hetero) is 1. The number of nitrogens with one attached hydrogen (secondary N) is 1. The Bertz CT molecular complexity index is 1240. The molecule has 214 valence electrons. The van der Waals surface area contributed by atoms with Gasteiger partial charge < -0.3 is 24.8 Å². The largest absolute Gasteiger partial charge is 0.442 e. The fourth-order valence-electron chi connectivity index (χ4n) is 4.90. The van der Waals surface area contributed by atoms with Crippen molar-refractivity contribution in [3.8, 4) is 0 Å². The summed E-state index contributed by atoms with van der Waals surface area (Å²) in [5.74, 6) is -0.845. The molecule has 2 heterocycles. The SMILES string of the molecule is CC(=O)NC[C@H]1CN(c2ccc(N3CCN(C(=O)CCC(=O)c4ccc(CN(C)C)cc4)CC3)c(F)c2)C(=O)O1. The van der Waals surface area contributed by atoms with E-state index >= 15 is 4.39 Å². The number of rotatable bonds is 10. The summed E-state index contributed by atoms with van der Waals surface area (Å²) in [6.45, 7) is 4.34. The van der Waals surface area contributed by atoms with Gasteiger partial charge in [-0.1, -0.05) is 24.3 Å². The van der Waals surface area contributed by atoms with Crippen molar-refractivity contribution in [2.75, 3.05) is 63.2 Å². The summed E-state index contributed by atoms with van der Waals surface area (Å²) >= 11 is 0. The highest BCUT2D eigenvalue weighted by atomic mass is 19.1. The van der Waals surface area contributed by atoms with Gasteiger partial charge in [-0.25, -0.2) is 9.18 Å². The van der Waals surface area contributed by atoms with Crippen molar-refractivity contribution in [2.45, 2.75) is 32.4 Å². The van der Waals surface area contributed by atoms with Crippen molar-refractivity contribution >= 4 is 35.1 Å². The number of ketones is 1. The summed E-state index contributed by atoms with van der Waals surface area (Å²) in [5.41, 5.74) is 2.49. The Kier molecular flexibility index (Phi) is 9.36. The molecule has 0 bridgehead atoms. The van der Waals surface area contributed by atoms with Gasteiger partial charge >= 0.3 is 6.09 Å². The van der Waals surface area contributed by atoms with Crippen molar-refractivity contribution in [3.05, 3.63) is 59.4 Å². The Morgan fingerprint density at radius 1 is 1.02 bits per heavy atom. The van der Waals surface area contributed by atoms with Gasteiger partial charge in [-0.15, -0.1) is 0 Å². The monoisotopic (exact) mass is 553 g/mol. The zero-order valence-electron chi connectivity index (χ0n) is 23.2. The third kappa shape index (κ3) is 7.35. The standard InChI is InChI=1S/C29H36FN5O5/c1-20(36)31-17-24-19-35(29(39)40-24)23-8-9-26(25(30)16-23)33-12-14-34(15-13-33)28(38)11-10-27(37)22-6-4-21(5-7-22)18-32(2)3/h4-9,16,24H,10-15,17-19H2,1-3H3,(H,31,36)/t24-/m0/s1. The van der Waals surface area contributed by atoms with Crippen LogP contribution >= 0.6 is 0 Å². The predicted octanol–water partition coefficient (Wildman–Crippen LogP) is 2.66. The van der Waals surface area contributed by atoms with Crippen LogP contribution in [-0.4, -0.2) is 93.0 Å². The van der Waals surface area contributed by atoms with E-state index in [9.17, 15) is 19.2 Å². The Labute approximate surface area is 233 Å². The lowest BCUT2D eigenvalue weighted by molar-refractivity contribution is -0.131. The van der Waals surface area contributed by atoms with Crippen molar-refractivity contribution in [2.24, 2.45) is 0 Å². The van der Waals surface area contributed by atoms with Crippen LogP contribution < -0.4 is 15.1 Å². The van der Waals surface area contributed by atoms with Crippen LogP contribution in [0.3, 0.4) is 0 Å². The number of ether oxygens (including phenoxy) is 1. The number of carbonyl (C=O) groups is 4. The minimum Gasteiger partial charge on any atom is -0.442 e. The number of cyclic esters (lactones) is 1. The average Bonchev–Trinajstić information content (AvgIpc) is 3.31. The lowest BCUT2D eigenvalue weighted by Gasteiger charge is -2.36. The second-order valence-corrected chi connectivity index (χ2v) is 10.4. The van der Waals surface area contributed by atoms with E-state index in [0.717, 1.165) is 12.1 Å². The number of hydrogen-bond acceptors (Lipinski definition) is 7. The van der Waals surface area contributed by atoms with E-state index < -0.39 is 18.0 Å². The highest BCUT2D eigenvalue weighted by Crippen LogP contribution is 2.28. The molecular formula is C29H36FN5O5. The lowest BCUT2D eigenvalue weighted by Crippen LogP contribution is -2.49. The second-order valence-electron chi connectivity index (χ2n) is 10.4. The molecule has 0 unspecified atom stereocenters. The minimum atomic E-state index is -0.588. The Balaban J connectivity index is 1.25. The first-order valence-electron chi connectivity index (χ1n) is 13.4. The number of hydrogen-bond donors (Lipinski definition) is 1. The van der Waals surface area contributed by atoms with Crippen LogP contribution in [0, 0.1) is 5.82 Å². The van der Waals surface area contributed by atoms with Crippen LogP contribution in [0.4, 0.5) is 20.6 Å². The number of piperazine rings is 1. The first kappa shape index (κ1) is 29.0. The third-order valence-corrected chi connectivity index (χ3v) is 7.01. The molecule has 2 aromatic rings. The van der Waals surface area contributed by atoms with Crippen molar-refractivity contribution < 1.29 is 28.3 Å². The molecule has 1 N–H and O–H groups in total. The zero-order valence-corrected chi connectivity index (χ0v) is 23.2. The summed E-state index contributed by atoms with van der Waals surface area (Å²) in [6, 6.07) is 12.1. The predicted molar refractivity (Wildman–Crippen MR) is 149 cm³/mol. The molecule has 3 amide bonds. The van der Waals surface area contributed by atoms with Gasteiger partial charge in [0.25, 0.3) is 0 Å². The minimum absolute atomic E-state index is 0.0612. The second kappa shape index (κ2) is 12.9. The number of benzene rings is 2. The number of carbonyl (C=O) groups excluding carboxylic acids is 4. The van der Waals surface area contributed by atoms with Crippen LogP contribution in [0.2, 0.25) is 0 Å². The Morgan fingerprint density at radius 2 is 1.73 bits per heavy atom. The zero-order chi connectivity index (χ0) is 28.8. The van der Waals surface area contributed by atoms with Gasteiger partial charge in [-0.05, 0) is 37.9 Å². The van der Waals surface area contributed by atoms with Crippen LogP contribution in [0.25, 0.3) is 0 Å². The fourth-order valence-corrected chi connectivity index (χ4v) is 4.90. The highest BCUT2D eigenvalue weighted by molar-refractivity contribution is 5.98. The molecule has 40 heavy (non-hydrogen) atoms. The Hall–Kier alpha value is -3.99. The molecule has 1 atom stereocenters. The molecule has 0 saturated carbocycles. The van der Waals surface area contributed by atoms with Gasteiger partial charge in [0.2, 0.25) is 11.8 Å². The molecule has 4 rings (SSSR count). The summed E-state index contributed by atoms with van der Waals surface area (Å²) in [6.07, 6.45) is -0.814. The van der Waals surface area contributed by atoms with E-state index in [1.165, 1.54) is 17.9 Å². The molecule has 0 radical (unpaired) electrons. The molecule has 10 nitrogen and oxygen atoms in total. The summed E-state index contributed by atoms with van der Waals surface area (Å²) in [5, 5.41) is 2.61. The number of anilines is 2. The first-order chi connectivity index (χ1) is 19.1. The molecule has 2 aromatic carbocycles. The molecule has 0 spiro atoms. The molecule has 0 aromatic heterocycles. The molecular weight excluding hydrogens is 517 g/mol. The smallest absolute Gasteiger partial charge is 0.414 e. The summed E-state index contributed by atoms with van der Waals surface area (Å²) in [7, 11) is 3.97. The van der Waals surface area contributed by atoms with Gasteiger partial charge in [0, 0.05) is 58.1 Å². The van der Waals surface area contributed by atoms with Gasteiger partial charge in [0.15, 0.2) is 5.78 Å². The molecule has 0 aliphatic carbocycles. The number of amides is 3. The fraction of sp³-hybridized carbons (Fsp3) is 0.448. The summed E-state index contributed by atoms with van der Waals surface area (Å²) in [4.78, 5) is 55.7. The lowest BCUT2D eigenvalue weighted by atomic mass is 10.0. The topological polar surface area (TPSA) is 103 Å². The first-order valence-corrected chi connectivity index (χ1v) is 13.4. The van der Waals surface area contributed by atoms with E-state index in [0.29, 0.717) is 43.1 Å². The highest BCUT2D eigenvalue weighted by Gasteiger charge is 2.33. The van der Waals surface area contributed by atoms with Gasteiger partial charge in [0.05, 0.1) is 24.5 Å². The molecule has 2 saturated heterocycles. The van der Waals surface area contributed by atoms with Crippen LogP contribution in [0.5, 0.6) is 0 Å². The van der Waals surface area contributed by atoms with Gasteiger partial charge in [-0.3, -0.25) is 19.3 Å². The molecule has 2 aliphatic heterocycles. The van der Waals surface area contributed by atoms with Gasteiger partial charge in [0.1, 0.15) is 11.9 Å². The van der Waals surface area contributed by atoms with E-state index in [-0.39, 0.29) is 43.5 Å². The quantitative estimate of drug-likeness (QED) is 0.452. The molecule has 2 aliphatic rings. The van der Waals surface area contributed by atoms with E-state index in [2.05, 4.69) is 10.2 Å². The third-order valence-electron chi connectivity index (χ3n) is 7.01. The number of nitrogens with zero attached hydrogens (tertiary/aromatic N) is 4. The number of halogens is 1. The normalized spacial score (nSPS) is 17.3. The molecule has 2 fully saturated rings. The maximum Gasteiger partial charge on any atom is 0.414 e. The maximum absolute atomic E-state index is 15.1. The molecule has 11 heteroatoms. The van der Waals surface area contributed by atoms with E-state index in [4.69, 9.17) is 4.74 Å². The van der Waals surface area contributed by atoms with Crippen molar-refractivity contribution in [1.29, 1.82) is 0 Å². The van der Waals surface area contributed by atoms with Crippen LogP contribution in [-0.2, 0) is 20.9 Å². The van der Waals surface area contributed by atoms with Gasteiger partial charge in [-0.2, -0.15) is 0 Å². The van der Waals surface area contributed by atoms with Crippen molar-refractivity contribution in [1.82, 2.24) is 15.1 Å². The average molecular weight is 554 g/mol. The van der Waals surface area contributed by atoms with Crippen LogP contribution in [0.1, 0.15) is 35.7 Å². The Morgan fingerprint density at radius 3 is 2.35 bits per heavy atom. The van der Waals surface area contributed by atoms with Crippen LogP contribution in [0.15, 0.2) is 42.5 Å². The van der Waals surface area contributed by atoms with Crippen molar-refractivity contribution in [3.63, 3.8) is 0 Å². The van der Waals surface area contributed by atoms with E-state index in [1.54, 1.807) is 29.2 Å². The summed E-state index contributed by atoms with van der Waals surface area (Å²) < 4.78 is 20.3. The maximum atomic E-state index is 15.1. The van der Waals surface area contributed by atoms with E-state index in [1.807, 2.05) is 31.1 Å².